The van der Waals surface area contributed by atoms with Gasteiger partial charge >= 0.3 is 39.5 Å². The van der Waals surface area contributed by atoms with E-state index in [1.54, 1.807) is 0 Å². The molecule has 0 fully saturated rings. The highest BCUT2D eigenvalue weighted by Crippen LogP contribution is 2.45. The Bertz CT molecular complexity index is 1840. The Morgan fingerprint density at radius 3 is 0.910 bits per heavy atom. The average Bonchev–Trinajstić information content (AvgIpc) is 3.64. The van der Waals surface area contributed by atoms with Gasteiger partial charge in [-0.1, -0.05) is 272 Å². The van der Waals surface area contributed by atoms with Crippen LogP contribution in [0.2, 0.25) is 0 Å². The van der Waals surface area contributed by atoms with E-state index in [9.17, 15) is 43.2 Å². The molecule has 0 saturated carbocycles. The first-order chi connectivity index (χ1) is 42.7. The Hall–Kier alpha value is -2.46. The van der Waals surface area contributed by atoms with Gasteiger partial charge in [0.05, 0.1) is 26.4 Å². The van der Waals surface area contributed by atoms with Crippen LogP contribution in [0.5, 0.6) is 0 Å². The summed E-state index contributed by atoms with van der Waals surface area (Å²) in [6, 6.07) is 0. The number of phosphoric ester groups is 2. The summed E-state index contributed by atoms with van der Waals surface area (Å²) >= 11 is 0. The number of allylic oxidation sites excluding steroid dienone is 4. The van der Waals surface area contributed by atoms with E-state index in [1.165, 1.54) is 116 Å². The lowest BCUT2D eigenvalue weighted by atomic mass is 10.0. The Balaban J connectivity index is 5.27. The summed E-state index contributed by atoms with van der Waals surface area (Å²) < 4.78 is 68.2. The topological polar surface area (TPSA) is 237 Å². The molecule has 0 aliphatic carbocycles. The van der Waals surface area contributed by atoms with Gasteiger partial charge in [0.15, 0.2) is 12.2 Å². The third-order valence-corrected chi connectivity index (χ3v) is 17.4. The number of unbranched alkanes of at least 4 members (excludes halogenated alkanes) is 31. The first-order valence-electron chi connectivity index (χ1n) is 35.7. The SMILES string of the molecule is CCCCCC/C=C\C=C/CCCCCCCC(=O)O[C@H](COC(=O)CCCCCCCCC(C)C)COP(=O)(O)OC[C@H](O)COP(=O)(O)OC[C@@H](COC(=O)CCCCCCCCCCCCCC(C)C)OC(=O)CCCCCCCCCCC(C)C. The predicted octanol–water partition coefficient (Wildman–Crippen LogP) is 19.4. The number of aliphatic hydroxyl groups excluding tert-OH is 1. The van der Waals surface area contributed by atoms with Gasteiger partial charge < -0.3 is 33.8 Å². The zero-order valence-corrected chi connectivity index (χ0v) is 59.2. The van der Waals surface area contributed by atoms with Gasteiger partial charge in [-0.05, 0) is 69.1 Å². The Kier molecular flexibility index (Phi) is 58.8. The van der Waals surface area contributed by atoms with E-state index in [-0.39, 0.29) is 25.7 Å². The second-order valence-electron chi connectivity index (χ2n) is 26.0. The number of rotatable bonds is 66. The smallest absolute Gasteiger partial charge is 0.462 e. The zero-order chi connectivity index (χ0) is 65.9. The lowest BCUT2D eigenvalue weighted by Gasteiger charge is -2.21. The number of esters is 4. The highest BCUT2D eigenvalue weighted by Gasteiger charge is 2.30. The molecule has 0 aromatic heterocycles. The molecule has 0 bridgehead atoms. The summed E-state index contributed by atoms with van der Waals surface area (Å²) in [5, 5.41) is 10.6. The van der Waals surface area contributed by atoms with Crippen molar-refractivity contribution in [2.75, 3.05) is 39.6 Å². The van der Waals surface area contributed by atoms with Crippen molar-refractivity contribution in [3.05, 3.63) is 24.3 Å². The molecule has 0 aliphatic rings. The van der Waals surface area contributed by atoms with Crippen molar-refractivity contribution in [1.82, 2.24) is 0 Å². The van der Waals surface area contributed by atoms with Crippen molar-refractivity contribution in [3.8, 4) is 0 Å². The van der Waals surface area contributed by atoms with Gasteiger partial charge in [0.2, 0.25) is 0 Å². The summed E-state index contributed by atoms with van der Waals surface area (Å²) in [6.07, 6.45) is 46.8. The van der Waals surface area contributed by atoms with E-state index in [2.05, 4.69) is 72.8 Å². The quantitative estimate of drug-likeness (QED) is 0.0169. The summed E-state index contributed by atoms with van der Waals surface area (Å²) in [5.74, 6) is 0.00135. The van der Waals surface area contributed by atoms with Crippen LogP contribution in [0.3, 0.4) is 0 Å². The summed E-state index contributed by atoms with van der Waals surface area (Å²) in [5.41, 5.74) is 0. The van der Waals surface area contributed by atoms with Crippen LogP contribution in [0.15, 0.2) is 24.3 Å². The standard InChI is InChI=1S/C70H132O17P2/c1-8-9-10-11-12-13-14-15-16-17-20-24-30-39-46-53-69(74)86-66(58-81-68(73)52-45-38-33-32-36-43-50-63(6)7)60-85-89(78,79)83-56-64(71)55-82-88(76,77)84-59-65(87-70(75)54-47-40-31-26-25-28-35-42-49-62(4)5)57-80-67(72)51-44-37-29-23-21-18-19-22-27-34-41-48-61(2)3/h13-16,61-66,71H,8-12,17-60H2,1-7H3,(H,76,77)(H,78,79)/b14-13-,16-15-/t64-,65-,66-/m1/s1. The van der Waals surface area contributed by atoms with Crippen LogP contribution in [0.1, 0.15) is 325 Å². The second kappa shape index (κ2) is 60.5. The van der Waals surface area contributed by atoms with Gasteiger partial charge in [-0.25, -0.2) is 9.13 Å². The molecular weight excluding hydrogens is 1170 g/mol. The van der Waals surface area contributed by atoms with E-state index in [0.29, 0.717) is 37.5 Å². The fraction of sp³-hybridized carbons (Fsp3) is 0.886. The minimum absolute atomic E-state index is 0.0834. The number of phosphoric acid groups is 2. The molecule has 0 saturated heterocycles. The third kappa shape index (κ3) is 64.1. The summed E-state index contributed by atoms with van der Waals surface area (Å²) in [6.45, 7) is 11.7. The average molecular weight is 1310 g/mol. The molecule has 2 unspecified atom stereocenters. The lowest BCUT2D eigenvalue weighted by molar-refractivity contribution is -0.161. The first kappa shape index (κ1) is 86.5. The Morgan fingerprint density at radius 2 is 0.607 bits per heavy atom. The molecule has 0 aromatic rings. The molecule has 0 rings (SSSR count). The van der Waals surface area contributed by atoms with Crippen LogP contribution in [-0.2, 0) is 65.4 Å². The van der Waals surface area contributed by atoms with Crippen LogP contribution >= 0.6 is 15.6 Å². The largest absolute Gasteiger partial charge is 0.472 e. The number of ether oxygens (including phenoxy) is 4. The van der Waals surface area contributed by atoms with Crippen molar-refractivity contribution in [3.63, 3.8) is 0 Å². The van der Waals surface area contributed by atoms with E-state index >= 15 is 0 Å². The van der Waals surface area contributed by atoms with Gasteiger partial charge in [0.1, 0.15) is 19.3 Å². The van der Waals surface area contributed by atoms with Crippen LogP contribution in [0.25, 0.3) is 0 Å². The predicted molar refractivity (Wildman–Crippen MR) is 358 cm³/mol. The molecule has 0 aliphatic heterocycles. The monoisotopic (exact) mass is 1310 g/mol. The van der Waals surface area contributed by atoms with Crippen LogP contribution < -0.4 is 0 Å². The zero-order valence-electron chi connectivity index (χ0n) is 57.4. The lowest BCUT2D eigenvalue weighted by Crippen LogP contribution is -2.30. The molecule has 5 atom stereocenters. The summed E-state index contributed by atoms with van der Waals surface area (Å²) in [7, 11) is -9.91. The van der Waals surface area contributed by atoms with E-state index in [4.69, 9.17) is 37.0 Å². The normalized spacial score (nSPS) is 14.4. The van der Waals surface area contributed by atoms with E-state index in [1.807, 2.05) is 0 Å². The molecule has 0 aromatic carbocycles. The molecule has 19 heteroatoms. The van der Waals surface area contributed by atoms with Crippen molar-refractivity contribution in [2.24, 2.45) is 17.8 Å². The number of carbonyl (C=O) groups is 4. The van der Waals surface area contributed by atoms with E-state index in [0.717, 1.165) is 115 Å². The van der Waals surface area contributed by atoms with Crippen LogP contribution in [0.4, 0.5) is 0 Å². The highest BCUT2D eigenvalue weighted by molar-refractivity contribution is 7.47. The third-order valence-electron chi connectivity index (χ3n) is 15.5. The summed E-state index contributed by atoms with van der Waals surface area (Å²) in [4.78, 5) is 72.5. The number of hydrogen-bond donors (Lipinski definition) is 3. The van der Waals surface area contributed by atoms with Crippen molar-refractivity contribution in [1.29, 1.82) is 0 Å². The molecule has 0 radical (unpaired) electrons. The van der Waals surface area contributed by atoms with Gasteiger partial charge in [-0.2, -0.15) is 0 Å². The fourth-order valence-electron chi connectivity index (χ4n) is 10.0. The molecule has 0 heterocycles. The molecule has 17 nitrogen and oxygen atoms in total. The van der Waals surface area contributed by atoms with E-state index < -0.39 is 97.5 Å². The molecular formula is C70H132O17P2. The molecule has 0 spiro atoms. The van der Waals surface area contributed by atoms with Crippen LogP contribution in [0, 0.1) is 17.8 Å². The Labute approximate surface area is 542 Å². The highest BCUT2D eigenvalue weighted by atomic mass is 31.2. The maximum absolute atomic E-state index is 13.0. The minimum atomic E-state index is -4.96. The van der Waals surface area contributed by atoms with Gasteiger partial charge in [0, 0.05) is 25.7 Å². The fourth-order valence-corrected chi connectivity index (χ4v) is 11.6. The number of aliphatic hydroxyl groups is 1. The first-order valence-corrected chi connectivity index (χ1v) is 38.7. The second-order valence-corrected chi connectivity index (χ2v) is 28.9. The molecule has 524 valence electrons. The number of carbonyl (C=O) groups excluding carboxylic acids is 4. The maximum atomic E-state index is 13.0. The van der Waals surface area contributed by atoms with Gasteiger partial charge in [0.25, 0.3) is 0 Å². The maximum Gasteiger partial charge on any atom is 0.472 e. The molecule has 3 N–H and O–H groups in total. The van der Waals surface area contributed by atoms with Gasteiger partial charge in [-0.15, -0.1) is 0 Å². The van der Waals surface area contributed by atoms with Gasteiger partial charge in [-0.3, -0.25) is 37.3 Å². The van der Waals surface area contributed by atoms with Crippen LogP contribution in [-0.4, -0.2) is 96.7 Å². The van der Waals surface area contributed by atoms with Crippen molar-refractivity contribution in [2.45, 2.75) is 343 Å². The van der Waals surface area contributed by atoms with Crippen molar-refractivity contribution < 1.29 is 80.2 Å². The number of hydrogen-bond acceptors (Lipinski definition) is 15. The molecule has 0 amide bonds. The Morgan fingerprint density at radius 1 is 0.348 bits per heavy atom. The van der Waals surface area contributed by atoms with Crippen molar-refractivity contribution >= 4 is 39.5 Å². The molecule has 89 heavy (non-hydrogen) atoms. The minimum Gasteiger partial charge on any atom is -0.462 e.